The van der Waals surface area contributed by atoms with Crippen LogP contribution in [0.3, 0.4) is 0 Å². The third kappa shape index (κ3) is 2.86. The molecule has 4 N–H and O–H groups in total. The number of aryl methyl sites for hydroxylation is 1. The predicted octanol–water partition coefficient (Wildman–Crippen LogP) is 2.82. The zero-order valence-corrected chi connectivity index (χ0v) is 11.9. The second-order valence-electron chi connectivity index (χ2n) is 4.28. The Morgan fingerprint density at radius 2 is 2.15 bits per heavy atom. The lowest BCUT2D eigenvalue weighted by atomic mass is 10.2. The van der Waals surface area contributed by atoms with Crippen LogP contribution in [-0.2, 0) is 0 Å². The molecule has 0 bridgehead atoms. The van der Waals surface area contributed by atoms with Crippen molar-refractivity contribution >= 4 is 28.4 Å². The molecule has 1 atom stereocenters. The van der Waals surface area contributed by atoms with Crippen molar-refractivity contribution in [3.63, 3.8) is 0 Å². The standard InChI is InChI=1S/C12H15N5O2S/c1-7-6-14-12(20-7)8(2)15-9-4-3-5-10(16-13)11(9)17(18)19/h3-6,8,15-16H,13H2,1-2H3. The molecule has 0 aliphatic carbocycles. The highest BCUT2D eigenvalue weighted by atomic mass is 32.1. The minimum Gasteiger partial charge on any atom is -0.370 e. The number of aromatic nitrogens is 1. The fourth-order valence-corrected chi connectivity index (χ4v) is 2.62. The number of nitro groups is 1. The number of nitro benzene ring substituents is 1. The molecular weight excluding hydrogens is 278 g/mol. The van der Waals surface area contributed by atoms with Gasteiger partial charge in [0.05, 0.1) is 11.0 Å². The molecule has 0 saturated carbocycles. The Bertz CT molecular complexity index is 628. The summed E-state index contributed by atoms with van der Waals surface area (Å²) in [7, 11) is 0. The van der Waals surface area contributed by atoms with Gasteiger partial charge in [-0.15, -0.1) is 11.3 Å². The number of hydrogen-bond acceptors (Lipinski definition) is 7. The van der Waals surface area contributed by atoms with E-state index >= 15 is 0 Å². The van der Waals surface area contributed by atoms with Gasteiger partial charge in [-0.05, 0) is 26.0 Å². The van der Waals surface area contributed by atoms with Crippen LogP contribution in [-0.4, -0.2) is 9.91 Å². The molecule has 0 aliphatic heterocycles. The van der Waals surface area contributed by atoms with E-state index < -0.39 is 4.92 Å². The maximum Gasteiger partial charge on any atom is 0.316 e. The van der Waals surface area contributed by atoms with Gasteiger partial charge in [0.1, 0.15) is 16.4 Å². The Hall–Kier alpha value is -2.19. The first-order valence-corrected chi connectivity index (χ1v) is 6.77. The van der Waals surface area contributed by atoms with Crippen molar-refractivity contribution in [2.24, 2.45) is 5.84 Å². The molecule has 0 aliphatic rings. The molecule has 0 radical (unpaired) electrons. The molecule has 1 unspecified atom stereocenters. The molecule has 1 aromatic heterocycles. The Morgan fingerprint density at radius 1 is 1.45 bits per heavy atom. The minimum absolute atomic E-state index is 0.0740. The topological polar surface area (TPSA) is 106 Å². The normalized spacial score (nSPS) is 11.9. The first-order chi connectivity index (χ1) is 9.52. The molecule has 0 fully saturated rings. The molecule has 0 spiro atoms. The van der Waals surface area contributed by atoms with Gasteiger partial charge >= 0.3 is 5.69 Å². The summed E-state index contributed by atoms with van der Waals surface area (Å²) in [5, 5.41) is 15.2. The second-order valence-corrected chi connectivity index (χ2v) is 5.54. The highest BCUT2D eigenvalue weighted by Crippen LogP contribution is 2.34. The SMILES string of the molecule is Cc1cnc(C(C)Nc2cccc(NN)c2[N+](=O)[O-])s1. The zero-order valence-electron chi connectivity index (χ0n) is 11.1. The molecule has 0 saturated heterocycles. The summed E-state index contributed by atoms with van der Waals surface area (Å²) in [6, 6.07) is 4.78. The van der Waals surface area contributed by atoms with E-state index in [2.05, 4.69) is 15.7 Å². The number of hydrazine groups is 1. The third-order valence-corrected chi connectivity index (χ3v) is 3.85. The van der Waals surface area contributed by atoms with Crippen molar-refractivity contribution in [2.75, 3.05) is 10.7 Å². The number of nitrogens with two attached hydrogens (primary N) is 1. The van der Waals surface area contributed by atoms with Crippen LogP contribution in [0.2, 0.25) is 0 Å². The van der Waals surface area contributed by atoms with E-state index in [0.29, 0.717) is 5.69 Å². The van der Waals surface area contributed by atoms with Crippen LogP contribution in [0.1, 0.15) is 22.9 Å². The summed E-state index contributed by atoms with van der Waals surface area (Å²) in [4.78, 5) is 16.1. The summed E-state index contributed by atoms with van der Waals surface area (Å²) in [5.74, 6) is 5.31. The Balaban J connectivity index is 2.31. The number of anilines is 2. The van der Waals surface area contributed by atoms with Gasteiger partial charge in [0.15, 0.2) is 0 Å². The molecule has 1 aromatic carbocycles. The van der Waals surface area contributed by atoms with E-state index in [1.165, 1.54) is 0 Å². The Morgan fingerprint density at radius 3 is 2.70 bits per heavy atom. The van der Waals surface area contributed by atoms with Crippen molar-refractivity contribution < 1.29 is 4.92 Å². The van der Waals surface area contributed by atoms with E-state index in [4.69, 9.17) is 5.84 Å². The van der Waals surface area contributed by atoms with Crippen LogP contribution in [0.5, 0.6) is 0 Å². The van der Waals surface area contributed by atoms with E-state index in [0.717, 1.165) is 9.88 Å². The van der Waals surface area contributed by atoms with Gasteiger partial charge in [-0.2, -0.15) is 0 Å². The number of benzene rings is 1. The van der Waals surface area contributed by atoms with Gasteiger partial charge in [0.25, 0.3) is 0 Å². The van der Waals surface area contributed by atoms with Crippen molar-refractivity contribution in [1.29, 1.82) is 0 Å². The van der Waals surface area contributed by atoms with Gasteiger partial charge in [0, 0.05) is 11.1 Å². The summed E-state index contributed by atoms with van der Waals surface area (Å²) in [6.45, 7) is 3.87. The second kappa shape index (κ2) is 5.85. The number of nitrogens with zero attached hydrogens (tertiary/aromatic N) is 2. The summed E-state index contributed by atoms with van der Waals surface area (Å²) < 4.78 is 0. The molecule has 8 heteroatoms. The number of rotatable bonds is 5. The maximum atomic E-state index is 11.2. The van der Waals surface area contributed by atoms with Crippen molar-refractivity contribution in [2.45, 2.75) is 19.9 Å². The van der Waals surface area contributed by atoms with E-state index in [1.807, 2.05) is 13.8 Å². The van der Waals surface area contributed by atoms with E-state index in [9.17, 15) is 10.1 Å². The first-order valence-electron chi connectivity index (χ1n) is 5.95. The number of nitrogen functional groups attached to an aromatic ring is 1. The van der Waals surface area contributed by atoms with Gasteiger partial charge in [0.2, 0.25) is 0 Å². The van der Waals surface area contributed by atoms with Crippen LogP contribution in [0, 0.1) is 17.0 Å². The average molecular weight is 293 g/mol. The first kappa shape index (κ1) is 14.2. The van der Waals surface area contributed by atoms with Crippen LogP contribution >= 0.6 is 11.3 Å². The van der Waals surface area contributed by atoms with E-state index in [-0.39, 0.29) is 17.4 Å². The zero-order chi connectivity index (χ0) is 14.7. The van der Waals surface area contributed by atoms with Crippen molar-refractivity contribution in [3.8, 4) is 0 Å². The summed E-state index contributed by atoms with van der Waals surface area (Å²) in [6.07, 6.45) is 1.78. The van der Waals surface area contributed by atoms with Gasteiger partial charge in [-0.3, -0.25) is 16.0 Å². The molecule has 106 valence electrons. The molecule has 2 aromatic rings. The fraction of sp³-hybridized carbons (Fsp3) is 0.250. The van der Waals surface area contributed by atoms with Crippen molar-refractivity contribution in [3.05, 3.63) is 44.4 Å². The van der Waals surface area contributed by atoms with E-state index in [1.54, 1.807) is 35.7 Å². The average Bonchev–Trinajstić information content (AvgIpc) is 2.84. The van der Waals surface area contributed by atoms with Crippen LogP contribution < -0.4 is 16.6 Å². The summed E-state index contributed by atoms with van der Waals surface area (Å²) >= 11 is 1.56. The number of nitrogens with one attached hydrogen (secondary N) is 2. The summed E-state index contributed by atoms with van der Waals surface area (Å²) in [5.41, 5.74) is 2.94. The molecule has 0 amide bonds. The maximum absolute atomic E-state index is 11.2. The van der Waals surface area contributed by atoms with Crippen LogP contribution in [0.25, 0.3) is 0 Å². The highest BCUT2D eigenvalue weighted by Gasteiger charge is 2.21. The number of para-hydroxylation sites is 1. The minimum atomic E-state index is -0.461. The number of hydrogen-bond donors (Lipinski definition) is 3. The van der Waals surface area contributed by atoms with Gasteiger partial charge in [-0.1, -0.05) is 6.07 Å². The lowest BCUT2D eigenvalue weighted by Gasteiger charge is -2.14. The third-order valence-electron chi connectivity index (χ3n) is 2.76. The predicted molar refractivity (Wildman–Crippen MR) is 79.8 cm³/mol. The molecule has 1 heterocycles. The monoisotopic (exact) mass is 293 g/mol. The molecule has 2 rings (SSSR count). The molecule has 20 heavy (non-hydrogen) atoms. The number of thiazole rings is 1. The quantitative estimate of drug-likeness (QED) is 0.444. The lowest BCUT2D eigenvalue weighted by molar-refractivity contribution is -0.383. The fourth-order valence-electron chi connectivity index (χ4n) is 1.84. The van der Waals surface area contributed by atoms with Crippen LogP contribution in [0.4, 0.5) is 17.1 Å². The van der Waals surface area contributed by atoms with Crippen LogP contribution in [0.15, 0.2) is 24.4 Å². The largest absolute Gasteiger partial charge is 0.370 e. The Kier molecular flexibility index (Phi) is 4.16. The van der Waals surface area contributed by atoms with Gasteiger partial charge < -0.3 is 10.7 Å². The van der Waals surface area contributed by atoms with Gasteiger partial charge in [-0.25, -0.2) is 4.98 Å². The van der Waals surface area contributed by atoms with Crippen molar-refractivity contribution in [1.82, 2.24) is 4.98 Å². The smallest absolute Gasteiger partial charge is 0.316 e. The lowest BCUT2D eigenvalue weighted by Crippen LogP contribution is -2.12. The highest BCUT2D eigenvalue weighted by molar-refractivity contribution is 7.11. The Labute approximate surface area is 120 Å². The molecule has 7 nitrogen and oxygen atoms in total. The molecular formula is C12H15N5O2S.